The van der Waals surface area contributed by atoms with E-state index in [0.717, 1.165) is 9.99 Å². The van der Waals surface area contributed by atoms with Crippen LogP contribution < -0.4 is 0 Å². The summed E-state index contributed by atoms with van der Waals surface area (Å²) < 4.78 is 1.12. The van der Waals surface area contributed by atoms with Gasteiger partial charge in [0.25, 0.3) is 0 Å². The number of aromatic nitrogens is 2. The smallest absolute Gasteiger partial charge is 0.0656 e. The van der Waals surface area contributed by atoms with E-state index in [2.05, 4.69) is 44.3 Å². The van der Waals surface area contributed by atoms with Crippen LogP contribution >= 0.6 is 15.9 Å². The van der Waals surface area contributed by atoms with E-state index in [1.54, 1.807) is 0 Å². The van der Waals surface area contributed by atoms with Crippen molar-refractivity contribution in [2.45, 2.75) is 0 Å². The molecule has 68 valence electrons. The van der Waals surface area contributed by atoms with Gasteiger partial charge in [0, 0.05) is 9.86 Å². The first-order chi connectivity index (χ1) is 6.86. The molecule has 0 radical (unpaired) electrons. The van der Waals surface area contributed by atoms with Gasteiger partial charge in [-0.2, -0.15) is 5.10 Å². The van der Waals surface area contributed by atoms with Crippen LogP contribution in [-0.4, -0.2) is 10.2 Å². The van der Waals surface area contributed by atoms with Crippen molar-refractivity contribution in [2.24, 2.45) is 0 Å². The van der Waals surface area contributed by atoms with Crippen LogP contribution in [0.2, 0.25) is 0 Å². The Balaban J connectivity index is 2.64. The number of H-pyrrole nitrogens is 1. The van der Waals surface area contributed by atoms with Gasteiger partial charge < -0.3 is 0 Å². The summed E-state index contributed by atoms with van der Waals surface area (Å²) in [5, 5.41) is 10.6. The highest BCUT2D eigenvalue weighted by Gasteiger charge is 2.03. The topological polar surface area (TPSA) is 28.7 Å². The number of fused-ring (bicyclic) bond motifs is 3. The molecule has 0 fully saturated rings. The van der Waals surface area contributed by atoms with E-state index in [0.29, 0.717) is 0 Å². The normalized spacial score (nSPS) is 11.2. The number of hydrogen-bond acceptors (Lipinski definition) is 1. The van der Waals surface area contributed by atoms with Gasteiger partial charge in [-0.1, -0.05) is 34.1 Å². The highest BCUT2D eigenvalue weighted by atomic mass is 79.9. The number of aromatic amines is 1. The Morgan fingerprint density at radius 2 is 1.93 bits per heavy atom. The second-order valence-corrected chi connectivity index (χ2v) is 4.09. The lowest BCUT2D eigenvalue weighted by Gasteiger charge is -2.00. The average Bonchev–Trinajstić information content (AvgIpc) is 2.66. The number of nitrogens with one attached hydrogen (secondary N) is 1. The van der Waals surface area contributed by atoms with Gasteiger partial charge in [0.05, 0.1) is 11.7 Å². The molecule has 0 saturated heterocycles. The summed E-state index contributed by atoms with van der Waals surface area (Å²) in [6, 6.07) is 10.3. The van der Waals surface area contributed by atoms with Crippen LogP contribution in [0.5, 0.6) is 0 Å². The molecule has 0 aliphatic carbocycles. The number of hydrogen-bond donors (Lipinski definition) is 1. The molecular formula is C11H7BrN2. The standard InChI is InChI=1S/C11H7BrN2/c12-10-3-1-2-7-8(10)4-5-11-9(7)6-13-14-11/h1-6H,(H,13,14). The fourth-order valence-corrected chi connectivity index (χ4v) is 2.24. The summed E-state index contributed by atoms with van der Waals surface area (Å²) in [7, 11) is 0. The van der Waals surface area contributed by atoms with Crippen molar-refractivity contribution in [2.75, 3.05) is 0 Å². The molecule has 0 unspecified atom stereocenters. The zero-order chi connectivity index (χ0) is 9.54. The lowest BCUT2D eigenvalue weighted by molar-refractivity contribution is 1.12. The van der Waals surface area contributed by atoms with Crippen LogP contribution in [-0.2, 0) is 0 Å². The fraction of sp³-hybridized carbons (Fsp3) is 0. The van der Waals surface area contributed by atoms with Gasteiger partial charge in [0.15, 0.2) is 0 Å². The Bertz CT molecular complexity index is 613. The molecule has 1 aromatic heterocycles. The first kappa shape index (κ1) is 8.00. The van der Waals surface area contributed by atoms with Gasteiger partial charge in [-0.3, -0.25) is 5.10 Å². The highest BCUT2D eigenvalue weighted by molar-refractivity contribution is 9.10. The molecule has 0 aliphatic heterocycles. The van der Waals surface area contributed by atoms with Crippen molar-refractivity contribution >= 4 is 37.6 Å². The first-order valence-corrected chi connectivity index (χ1v) is 5.16. The van der Waals surface area contributed by atoms with Crippen LogP contribution in [0.15, 0.2) is 41.0 Å². The minimum absolute atomic E-state index is 1.08. The molecule has 0 amide bonds. The van der Waals surface area contributed by atoms with Crippen molar-refractivity contribution < 1.29 is 0 Å². The molecule has 0 saturated carbocycles. The Morgan fingerprint density at radius 1 is 1.00 bits per heavy atom. The molecule has 1 heterocycles. The maximum Gasteiger partial charge on any atom is 0.0656 e. The molecule has 3 rings (SSSR count). The first-order valence-electron chi connectivity index (χ1n) is 4.36. The molecule has 1 N–H and O–H groups in total. The van der Waals surface area contributed by atoms with E-state index in [1.807, 2.05) is 18.3 Å². The van der Waals surface area contributed by atoms with Crippen LogP contribution in [0.1, 0.15) is 0 Å². The second kappa shape index (κ2) is 2.82. The summed E-state index contributed by atoms with van der Waals surface area (Å²) in [6.07, 6.45) is 1.87. The molecular weight excluding hydrogens is 240 g/mol. The van der Waals surface area contributed by atoms with Crippen LogP contribution in [0, 0.1) is 0 Å². The maximum atomic E-state index is 4.04. The van der Waals surface area contributed by atoms with Crippen molar-refractivity contribution in [3.8, 4) is 0 Å². The van der Waals surface area contributed by atoms with Crippen molar-refractivity contribution in [3.05, 3.63) is 41.0 Å². The van der Waals surface area contributed by atoms with Crippen molar-refractivity contribution in [1.82, 2.24) is 10.2 Å². The number of benzene rings is 2. The SMILES string of the molecule is Brc1cccc2c1ccc1[nH]ncc12. The third-order valence-electron chi connectivity index (χ3n) is 2.43. The molecule has 2 nitrogen and oxygen atoms in total. The second-order valence-electron chi connectivity index (χ2n) is 3.23. The quantitative estimate of drug-likeness (QED) is 0.647. The minimum Gasteiger partial charge on any atom is -0.278 e. The lowest BCUT2D eigenvalue weighted by atomic mass is 10.1. The average molecular weight is 247 g/mol. The van der Waals surface area contributed by atoms with Gasteiger partial charge in [-0.15, -0.1) is 0 Å². The number of rotatable bonds is 0. The molecule has 0 spiro atoms. The zero-order valence-electron chi connectivity index (χ0n) is 7.29. The summed E-state index contributed by atoms with van der Waals surface area (Å²) >= 11 is 3.54. The molecule has 2 aromatic carbocycles. The van der Waals surface area contributed by atoms with E-state index in [4.69, 9.17) is 0 Å². The van der Waals surface area contributed by atoms with Crippen LogP contribution in [0.3, 0.4) is 0 Å². The monoisotopic (exact) mass is 246 g/mol. The van der Waals surface area contributed by atoms with Gasteiger partial charge in [0.1, 0.15) is 0 Å². The summed E-state index contributed by atoms with van der Waals surface area (Å²) in [6.45, 7) is 0. The molecule has 3 heteroatoms. The predicted molar refractivity (Wildman–Crippen MR) is 61.3 cm³/mol. The lowest BCUT2D eigenvalue weighted by Crippen LogP contribution is -1.75. The Morgan fingerprint density at radius 3 is 2.86 bits per heavy atom. The van der Waals surface area contributed by atoms with E-state index in [-0.39, 0.29) is 0 Å². The van der Waals surface area contributed by atoms with Crippen molar-refractivity contribution in [3.63, 3.8) is 0 Å². The molecule has 0 atom stereocenters. The third kappa shape index (κ3) is 0.990. The summed E-state index contributed by atoms with van der Waals surface area (Å²) in [5.41, 5.74) is 1.08. The predicted octanol–water partition coefficient (Wildman–Crippen LogP) is 3.48. The minimum atomic E-state index is 1.08. The summed E-state index contributed by atoms with van der Waals surface area (Å²) in [4.78, 5) is 0. The van der Waals surface area contributed by atoms with Crippen LogP contribution in [0.25, 0.3) is 21.7 Å². The zero-order valence-corrected chi connectivity index (χ0v) is 8.88. The van der Waals surface area contributed by atoms with Gasteiger partial charge >= 0.3 is 0 Å². The van der Waals surface area contributed by atoms with E-state index < -0.39 is 0 Å². The largest absolute Gasteiger partial charge is 0.278 e. The number of nitrogens with zero attached hydrogens (tertiary/aromatic N) is 1. The number of halogens is 1. The highest BCUT2D eigenvalue weighted by Crippen LogP contribution is 2.28. The van der Waals surface area contributed by atoms with Gasteiger partial charge in [-0.25, -0.2) is 0 Å². The Labute approximate surface area is 89.1 Å². The van der Waals surface area contributed by atoms with Crippen molar-refractivity contribution in [1.29, 1.82) is 0 Å². The van der Waals surface area contributed by atoms with Crippen LogP contribution in [0.4, 0.5) is 0 Å². The molecule has 3 aromatic rings. The van der Waals surface area contributed by atoms with E-state index in [1.165, 1.54) is 16.2 Å². The van der Waals surface area contributed by atoms with Gasteiger partial charge in [0.2, 0.25) is 0 Å². The maximum absolute atomic E-state index is 4.04. The fourth-order valence-electron chi connectivity index (χ4n) is 1.75. The molecule has 0 aliphatic rings. The molecule has 0 bridgehead atoms. The van der Waals surface area contributed by atoms with Gasteiger partial charge in [-0.05, 0) is 22.9 Å². The Kier molecular flexibility index (Phi) is 1.61. The molecule has 14 heavy (non-hydrogen) atoms. The summed E-state index contributed by atoms with van der Waals surface area (Å²) in [5.74, 6) is 0. The van der Waals surface area contributed by atoms with E-state index in [9.17, 15) is 0 Å². The third-order valence-corrected chi connectivity index (χ3v) is 3.12. The van der Waals surface area contributed by atoms with E-state index >= 15 is 0 Å². The Hall–Kier alpha value is -1.35.